The lowest BCUT2D eigenvalue weighted by Gasteiger charge is -1.99. The Morgan fingerprint density at radius 3 is 2.65 bits per heavy atom. The van der Waals surface area contributed by atoms with E-state index in [1.54, 1.807) is 19.3 Å². The van der Waals surface area contributed by atoms with Gasteiger partial charge < -0.3 is 10.1 Å². The van der Waals surface area contributed by atoms with Gasteiger partial charge in [0.1, 0.15) is 11.2 Å². The summed E-state index contributed by atoms with van der Waals surface area (Å²) in [5, 5.41) is 3.35. The summed E-state index contributed by atoms with van der Waals surface area (Å²) in [7, 11) is 0. The van der Waals surface area contributed by atoms with Crippen molar-refractivity contribution in [3.63, 3.8) is 0 Å². The Bertz CT molecular complexity index is 627. The number of carbonyl (C=O) groups excluding carboxylic acids is 2. The monoisotopic (exact) mass is 292 g/mol. The fourth-order valence-electron chi connectivity index (χ4n) is 1.44. The first-order valence-corrected chi connectivity index (χ1v) is 6.64. The van der Waals surface area contributed by atoms with Crippen molar-refractivity contribution in [2.24, 2.45) is 0 Å². The number of carbonyl (C=O) groups is 2. The summed E-state index contributed by atoms with van der Waals surface area (Å²) >= 11 is 1.09. The van der Waals surface area contributed by atoms with Crippen molar-refractivity contribution in [2.45, 2.75) is 13.8 Å². The van der Waals surface area contributed by atoms with Crippen LogP contribution in [0.2, 0.25) is 0 Å². The van der Waals surface area contributed by atoms with Gasteiger partial charge in [0.05, 0.1) is 24.7 Å². The Hall–Kier alpha value is -2.35. The van der Waals surface area contributed by atoms with Gasteiger partial charge in [-0.2, -0.15) is 0 Å². The van der Waals surface area contributed by atoms with Crippen molar-refractivity contribution in [3.8, 4) is 0 Å². The second-order valence-corrected chi connectivity index (χ2v) is 4.72. The minimum Gasteiger partial charge on any atom is -0.461 e. The second-order valence-electron chi connectivity index (χ2n) is 3.73. The van der Waals surface area contributed by atoms with E-state index < -0.39 is 5.97 Å². The van der Waals surface area contributed by atoms with E-state index in [9.17, 15) is 9.59 Å². The van der Waals surface area contributed by atoms with Crippen molar-refractivity contribution in [1.82, 2.24) is 15.0 Å². The summed E-state index contributed by atoms with van der Waals surface area (Å²) < 4.78 is 4.88. The number of thiazole rings is 1. The van der Waals surface area contributed by atoms with Gasteiger partial charge in [0.2, 0.25) is 0 Å². The van der Waals surface area contributed by atoms with Crippen molar-refractivity contribution >= 4 is 33.9 Å². The molecule has 0 radical (unpaired) electrons. The molecule has 1 N–H and O–H groups in total. The molecule has 0 aliphatic heterocycles. The van der Waals surface area contributed by atoms with E-state index in [0.29, 0.717) is 10.8 Å². The third-order valence-electron chi connectivity index (χ3n) is 2.23. The molecule has 0 amide bonds. The van der Waals surface area contributed by atoms with Gasteiger partial charge in [-0.15, -0.1) is 0 Å². The molecule has 0 aliphatic rings. The maximum absolute atomic E-state index is 11.8. The predicted molar refractivity (Wildman–Crippen MR) is 73.4 cm³/mol. The molecule has 2 rings (SSSR count). The lowest BCUT2D eigenvalue weighted by molar-refractivity contribution is 0.0517. The van der Waals surface area contributed by atoms with Crippen LogP contribution in [-0.4, -0.2) is 33.3 Å². The van der Waals surface area contributed by atoms with Gasteiger partial charge in [-0.1, -0.05) is 11.3 Å². The molecule has 0 saturated heterocycles. The molecule has 0 saturated carbocycles. The van der Waals surface area contributed by atoms with E-state index in [-0.39, 0.29) is 23.0 Å². The highest BCUT2D eigenvalue weighted by molar-refractivity contribution is 7.17. The smallest absolute Gasteiger partial charge is 0.358 e. The first-order valence-electron chi connectivity index (χ1n) is 5.82. The maximum atomic E-state index is 11.8. The lowest BCUT2D eigenvalue weighted by atomic mass is 10.3. The number of anilines is 2. The fraction of sp³-hybridized carbons (Fsp3) is 0.250. The molecule has 0 fully saturated rings. The molecule has 0 spiro atoms. The third kappa shape index (κ3) is 3.15. The Labute approximate surface area is 119 Å². The second kappa shape index (κ2) is 6.20. The number of nitrogens with one attached hydrogen (secondary N) is 1. The average Bonchev–Trinajstić information content (AvgIpc) is 2.84. The van der Waals surface area contributed by atoms with E-state index in [0.717, 1.165) is 11.3 Å². The van der Waals surface area contributed by atoms with Crippen molar-refractivity contribution < 1.29 is 14.3 Å². The van der Waals surface area contributed by atoms with Crippen LogP contribution in [0.15, 0.2) is 18.7 Å². The number of ketones is 1. The van der Waals surface area contributed by atoms with Gasteiger partial charge in [-0.25, -0.2) is 19.7 Å². The SMILES string of the molecule is CCOC(=O)c1nc(Nc2cncnc2)sc1C(C)=O. The highest BCUT2D eigenvalue weighted by Crippen LogP contribution is 2.26. The molecule has 0 aliphatic carbocycles. The molecule has 0 aromatic carbocycles. The zero-order chi connectivity index (χ0) is 14.5. The number of ether oxygens (including phenoxy) is 1. The van der Waals surface area contributed by atoms with Crippen LogP contribution in [0, 0.1) is 0 Å². The molecule has 0 unspecified atom stereocenters. The topological polar surface area (TPSA) is 94.1 Å². The molecule has 0 bridgehead atoms. The summed E-state index contributed by atoms with van der Waals surface area (Å²) in [5.74, 6) is -0.839. The molecular weight excluding hydrogens is 280 g/mol. The Morgan fingerprint density at radius 1 is 1.35 bits per heavy atom. The van der Waals surface area contributed by atoms with Gasteiger partial charge in [0, 0.05) is 6.92 Å². The van der Waals surface area contributed by atoms with E-state index in [1.807, 2.05) is 0 Å². The molecule has 2 aromatic rings. The highest BCUT2D eigenvalue weighted by Gasteiger charge is 2.22. The highest BCUT2D eigenvalue weighted by atomic mass is 32.1. The summed E-state index contributed by atoms with van der Waals surface area (Å²) in [6.07, 6.45) is 4.52. The van der Waals surface area contributed by atoms with Gasteiger partial charge in [0.15, 0.2) is 16.6 Å². The minimum absolute atomic E-state index is 0.0312. The zero-order valence-corrected chi connectivity index (χ0v) is 11.7. The first kappa shape index (κ1) is 14.1. The first-order chi connectivity index (χ1) is 9.61. The summed E-state index contributed by atoms with van der Waals surface area (Å²) in [4.78, 5) is 35.4. The van der Waals surface area contributed by atoms with Crippen LogP contribution < -0.4 is 5.32 Å². The zero-order valence-electron chi connectivity index (χ0n) is 10.9. The molecule has 0 atom stereocenters. The number of Topliss-reactive ketones (excluding diaryl/α,β-unsaturated/α-hetero) is 1. The summed E-state index contributed by atoms with van der Waals surface area (Å²) in [5.41, 5.74) is 0.649. The van der Waals surface area contributed by atoms with E-state index >= 15 is 0 Å². The Morgan fingerprint density at radius 2 is 2.05 bits per heavy atom. The van der Waals surface area contributed by atoms with Gasteiger partial charge >= 0.3 is 5.97 Å². The maximum Gasteiger partial charge on any atom is 0.358 e. The molecule has 2 aromatic heterocycles. The van der Waals surface area contributed by atoms with Crippen molar-refractivity contribution in [2.75, 3.05) is 11.9 Å². The number of rotatable bonds is 5. The number of aromatic nitrogens is 3. The summed E-state index contributed by atoms with van der Waals surface area (Å²) in [6.45, 7) is 3.30. The predicted octanol–water partition coefficient (Wildman–Crippen LogP) is 2.06. The molecular formula is C12H12N4O3S. The molecule has 20 heavy (non-hydrogen) atoms. The van der Waals surface area contributed by atoms with Crippen LogP contribution in [0.25, 0.3) is 0 Å². The third-order valence-corrected chi connectivity index (χ3v) is 3.30. The van der Waals surface area contributed by atoms with Crippen LogP contribution in [0.4, 0.5) is 10.8 Å². The quantitative estimate of drug-likeness (QED) is 0.665. The molecule has 2 heterocycles. The lowest BCUT2D eigenvalue weighted by Crippen LogP contribution is -2.09. The molecule has 8 heteroatoms. The van der Waals surface area contributed by atoms with Crippen LogP contribution in [0.5, 0.6) is 0 Å². The van der Waals surface area contributed by atoms with Crippen molar-refractivity contribution in [3.05, 3.63) is 29.3 Å². The van der Waals surface area contributed by atoms with Gasteiger partial charge in [0.25, 0.3) is 0 Å². The molecule has 7 nitrogen and oxygen atoms in total. The number of nitrogens with zero attached hydrogens (tertiary/aromatic N) is 3. The number of hydrogen-bond donors (Lipinski definition) is 1. The Balaban J connectivity index is 2.29. The van der Waals surface area contributed by atoms with Crippen LogP contribution >= 0.6 is 11.3 Å². The van der Waals surface area contributed by atoms with E-state index in [4.69, 9.17) is 4.74 Å². The van der Waals surface area contributed by atoms with Gasteiger partial charge in [-0.05, 0) is 6.92 Å². The van der Waals surface area contributed by atoms with E-state index in [1.165, 1.54) is 13.3 Å². The minimum atomic E-state index is -0.605. The number of hydrogen-bond acceptors (Lipinski definition) is 8. The number of esters is 1. The van der Waals surface area contributed by atoms with Gasteiger partial charge in [-0.3, -0.25) is 4.79 Å². The fourth-order valence-corrected chi connectivity index (χ4v) is 2.31. The van der Waals surface area contributed by atoms with Crippen LogP contribution in [0.3, 0.4) is 0 Å². The molecule has 104 valence electrons. The average molecular weight is 292 g/mol. The normalized spacial score (nSPS) is 10.1. The standard InChI is InChI=1S/C12H12N4O3S/c1-3-19-11(18)9-10(7(2)17)20-12(16-9)15-8-4-13-6-14-5-8/h4-6H,3H2,1-2H3,(H,15,16). The summed E-state index contributed by atoms with van der Waals surface area (Å²) in [6, 6.07) is 0. The Kier molecular flexibility index (Phi) is 4.36. The van der Waals surface area contributed by atoms with E-state index in [2.05, 4.69) is 20.3 Å². The largest absolute Gasteiger partial charge is 0.461 e. The van der Waals surface area contributed by atoms with Crippen molar-refractivity contribution in [1.29, 1.82) is 0 Å². The van der Waals surface area contributed by atoms with Crippen LogP contribution in [0.1, 0.15) is 34.0 Å². The van der Waals surface area contributed by atoms with Crippen LogP contribution in [-0.2, 0) is 4.74 Å².